The van der Waals surface area contributed by atoms with Crippen LogP contribution in [0.25, 0.3) is 11.0 Å². The summed E-state index contributed by atoms with van der Waals surface area (Å²) >= 11 is 0. The molecule has 5 heteroatoms. The average molecular weight is 282 g/mol. The number of carbonyl (C=O) groups is 1. The number of benzene rings is 1. The highest BCUT2D eigenvalue weighted by molar-refractivity contribution is 6.07. The number of carbonyl (C=O) groups excluding carboxylic acids is 1. The van der Waals surface area contributed by atoms with Crippen molar-refractivity contribution in [3.63, 3.8) is 0 Å². The second-order valence-electron chi connectivity index (χ2n) is 6.20. The minimum atomic E-state index is -0.0133. The van der Waals surface area contributed by atoms with Gasteiger partial charge in [0.1, 0.15) is 5.82 Å². The summed E-state index contributed by atoms with van der Waals surface area (Å²) in [7, 11) is 0. The SMILES string of the molecule is CC1CC(=O)NN=C1c1ccc2nc(CC3CC3)[nH]c2c1. The lowest BCUT2D eigenvalue weighted by Gasteiger charge is -2.18. The molecule has 0 saturated heterocycles. The van der Waals surface area contributed by atoms with E-state index in [0.29, 0.717) is 6.42 Å². The molecule has 0 spiro atoms. The van der Waals surface area contributed by atoms with Gasteiger partial charge in [-0.05, 0) is 30.9 Å². The van der Waals surface area contributed by atoms with Crippen molar-refractivity contribution in [3.8, 4) is 0 Å². The van der Waals surface area contributed by atoms with Crippen LogP contribution in [-0.2, 0) is 11.2 Å². The minimum Gasteiger partial charge on any atom is -0.342 e. The molecule has 0 radical (unpaired) electrons. The smallest absolute Gasteiger partial charge is 0.240 e. The van der Waals surface area contributed by atoms with Crippen molar-refractivity contribution in [1.82, 2.24) is 15.4 Å². The molecular formula is C16H18N4O. The van der Waals surface area contributed by atoms with E-state index in [1.165, 1.54) is 12.8 Å². The second-order valence-corrected chi connectivity index (χ2v) is 6.20. The van der Waals surface area contributed by atoms with Crippen molar-refractivity contribution in [1.29, 1.82) is 0 Å². The number of aromatic amines is 1. The van der Waals surface area contributed by atoms with Crippen molar-refractivity contribution >= 4 is 22.7 Å². The van der Waals surface area contributed by atoms with E-state index in [0.717, 1.165) is 40.5 Å². The third-order valence-corrected chi connectivity index (χ3v) is 4.27. The topological polar surface area (TPSA) is 70.1 Å². The van der Waals surface area contributed by atoms with Crippen molar-refractivity contribution in [2.75, 3.05) is 0 Å². The summed E-state index contributed by atoms with van der Waals surface area (Å²) in [6.07, 6.45) is 4.21. The number of aromatic nitrogens is 2. The molecule has 1 aliphatic carbocycles. The van der Waals surface area contributed by atoms with Crippen LogP contribution in [0.15, 0.2) is 23.3 Å². The van der Waals surface area contributed by atoms with Crippen molar-refractivity contribution in [3.05, 3.63) is 29.6 Å². The lowest BCUT2D eigenvalue weighted by Crippen LogP contribution is -2.31. The van der Waals surface area contributed by atoms with Gasteiger partial charge in [-0.1, -0.05) is 13.0 Å². The number of fused-ring (bicyclic) bond motifs is 1. The highest BCUT2D eigenvalue weighted by Crippen LogP contribution is 2.32. The Morgan fingerprint density at radius 2 is 2.19 bits per heavy atom. The number of hydrazone groups is 1. The first-order valence-corrected chi connectivity index (χ1v) is 7.54. The molecule has 1 saturated carbocycles. The maximum atomic E-state index is 11.3. The predicted molar refractivity (Wildman–Crippen MR) is 81.0 cm³/mol. The van der Waals surface area contributed by atoms with Crippen LogP contribution >= 0.6 is 0 Å². The van der Waals surface area contributed by atoms with Gasteiger partial charge in [0.15, 0.2) is 0 Å². The van der Waals surface area contributed by atoms with Gasteiger partial charge >= 0.3 is 0 Å². The van der Waals surface area contributed by atoms with Gasteiger partial charge in [0.2, 0.25) is 5.91 Å². The Morgan fingerprint density at radius 3 is 2.95 bits per heavy atom. The summed E-state index contributed by atoms with van der Waals surface area (Å²) in [5, 5.41) is 4.22. The van der Waals surface area contributed by atoms with Crippen LogP contribution in [0.5, 0.6) is 0 Å². The largest absolute Gasteiger partial charge is 0.342 e. The second kappa shape index (κ2) is 4.69. The third-order valence-electron chi connectivity index (χ3n) is 4.27. The maximum absolute atomic E-state index is 11.3. The molecule has 1 aliphatic heterocycles. The fourth-order valence-corrected chi connectivity index (χ4v) is 2.92. The van der Waals surface area contributed by atoms with E-state index >= 15 is 0 Å². The molecule has 2 aromatic rings. The molecule has 108 valence electrons. The van der Waals surface area contributed by atoms with E-state index < -0.39 is 0 Å². The molecule has 1 atom stereocenters. The number of nitrogens with zero attached hydrogens (tertiary/aromatic N) is 2. The van der Waals surface area contributed by atoms with E-state index in [1.807, 2.05) is 19.1 Å². The van der Waals surface area contributed by atoms with Crippen LogP contribution in [0.4, 0.5) is 0 Å². The normalized spacial score (nSPS) is 22.2. The Morgan fingerprint density at radius 1 is 1.33 bits per heavy atom. The van der Waals surface area contributed by atoms with Crippen molar-refractivity contribution in [2.45, 2.75) is 32.6 Å². The molecule has 5 nitrogen and oxygen atoms in total. The molecule has 1 amide bonds. The zero-order valence-electron chi connectivity index (χ0n) is 12.0. The van der Waals surface area contributed by atoms with E-state index in [4.69, 9.17) is 0 Å². The van der Waals surface area contributed by atoms with Crippen LogP contribution in [-0.4, -0.2) is 21.6 Å². The van der Waals surface area contributed by atoms with E-state index in [9.17, 15) is 4.79 Å². The first-order chi connectivity index (χ1) is 10.2. The van der Waals surface area contributed by atoms with Crippen LogP contribution < -0.4 is 5.43 Å². The molecule has 1 unspecified atom stereocenters. The fraction of sp³-hybridized carbons (Fsp3) is 0.438. The van der Waals surface area contributed by atoms with E-state index in [1.54, 1.807) is 0 Å². The van der Waals surface area contributed by atoms with E-state index in [2.05, 4.69) is 26.6 Å². The van der Waals surface area contributed by atoms with Gasteiger partial charge in [-0.15, -0.1) is 0 Å². The third kappa shape index (κ3) is 2.44. The Kier molecular flexibility index (Phi) is 2.80. The van der Waals surface area contributed by atoms with Crippen LogP contribution in [0.2, 0.25) is 0 Å². The number of nitrogens with one attached hydrogen (secondary N) is 2. The number of hydrogen-bond acceptors (Lipinski definition) is 3. The molecule has 2 aliphatic rings. The molecular weight excluding hydrogens is 264 g/mol. The maximum Gasteiger partial charge on any atom is 0.240 e. The Bertz CT molecular complexity index is 742. The van der Waals surface area contributed by atoms with Gasteiger partial charge in [0, 0.05) is 24.3 Å². The molecule has 1 aromatic heterocycles. The quantitative estimate of drug-likeness (QED) is 0.907. The van der Waals surface area contributed by atoms with Gasteiger partial charge < -0.3 is 4.98 Å². The summed E-state index contributed by atoms with van der Waals surface area (Å²) in [5.41, 5.74) is 6.62. The summed E-state index contributed by atoms with van der Waals surface area (Å²) in [4.78, 5) is 19.4. The molecule has 2 N–H and O–H groups in total. The van der Waals surface area contributed by atoms with Crippen LogP contribution in [0.1, 0.15) is 37.6 Å². The number of amides is 1. The summed E-state index contributed by atoms with van der Waals surface area (Å²) in [6, 6.07) is 6.16. The highest BCUT2D eigenvalue weighted by atomic mass is 16.2. The fourth-order valence-electron chi connectivity index (χ4n) is 2.92. The first kappa shape index (κ1) is 12.6. The minimum absolute atomic E-state index is 0.0133. The van der Waals surface area contributed by atoms with Crippen LogP contribution in [0.3, 0.4) is 0 Å². The summed E-state index contributed by atoms with van der Waals surface area (Å²) < 4.78 is 0. The molecule has 4 rings (SSSR count). The van der Waals surface area contributed by atoms with Gasteiger partial charge in [-0.2, -0.15) is 5.10 Å². The molecule has 1 aromatic carbocycles. The number of imidazole rings is 1. The Labute approximate surface area is 122 Å². The van der Waals surface area contributed by atoms with E-state index in [-0.39, 0.29) is 11.8 Å². The number of hydrogen-bond donors (Lipinski definition) is 2. The predicted octanol–water partition coefficient (Wildman–Crippen LogP) is 2.38. The monoisotopic (exact) mass is 282 g/mol. The first-order valence-electron chi connectivity index (χ1n) is 7.54. The standard InChI is InChI=1S/C16H18N4O/c1-9-6-15(21)19-20-16(9)11-4-5-12-13(8-11)18-14(17-12)7-10-2-3-10/h4-5,8-10H,2-3,6-7H2,1H3,(H,17,18)(H,19,21). The molecule has 2 heterocycles. The lowest BCUT2D eigenvalue weighted by molar-refractivity contribution is -0.121. The molecule has 0 bridgehead atoms. The Hall–Kier alpha value is -2.17. The lowest BCUT2D eigenvalue weighted by atomic mass is 9.94. The zero-order valence-corrected chi connectivity index (χ0v) is 12.0. The van der Waals surface area contributed by atoms with Gasteiger partial charge in [0.05, 0.1) is 16.7 Å². The number of rotatable bonds is 3. The van der Waals surface area contributed by atoms with Gasteiger partial charge in [-0.25, -0.2) is 10.4 Å². The number of H-pyrrole nitrogens is 1. The average Bonchev–Trinajstić information content (AvgIpc) is 3.16. The molecule has 21 heavy (non-hydrogen) atoms. The van der Waals surface area contributed by atoms with Crippen molar-refractivity contribution in [2.24, 2.45) is 16.9 Å². The summed E-state index contributed by atoms with van der Waals surface area (Å²) in [6.45, 7) is 2.03. The van der Waals surface area contributed by atoms with Gasteiger partial charge in [0.25, 0.3) is 0 Å². The van der Waals surface area contributed by atoms with Crippen LogP contribution in [0, 0.1) is 11.8 Å². The Balaban J connectivity index is 1.67. The zero-order chi connectivity index (χ0) is 14.4. The molecule has 1 fully saturated rings. The summed E-state index contributed by atoms with van der Waals surface area (Å²) in [5.74, 6) is 2.03. The van der Waals surface area contributed by atoms with Crippen molar-refractivity contribution < 1.29 is 4.79 Å². The highest BCUT2D eigenvalue weighted by Gasteiger charge is 2.24. The van der Waals surface area contributed by atoms with Gasteiger partial charge in [-0.3, -0.25) is 4.79 Å².